The van der Waals surface area contributed by atoms with E-state index in [1.165, 1.54) is 0 Å². The van der Waals surface area contributed by atoms with Crippen LogP contribution in [0.1, 0.15) is 18.5 Å². The summed E-state index contributed by atoms with van der Waals surface area (Å²) >= 11 is 5.76. The molecule has 1 rings (SSSR count). The van der Waals surface area contributed by atoms with Crippen molar-refractivity contribution < 1.29 is 9.90 Å². The number of carbonyl (C=O) groups is 1. The molecule has 0 aliphatic carbocycles. The van der Waals surface area contributed by atoms with Gasteiger partial charge in [0.1, 0.15) is 6.10 Å². The topological polar surface area (TPSA) is 75.3 Å². The van der Waals surface area contributed by atoms with Crippen LogP contribution in [0.4, 0.5) is 0 Å². The van der Waals surface area contributed by atoms with E-state index in [1.807, 2.05) is 19.1 Å². The molecule has 0 aliphatic heterocycles. The van der Waals surface area contributed by atoms with Crippen LogP contribution in [0, 0.1) is 0 Å². The summed E-state index contributed by atoms with van der Waals surface area (Å²) in [6.45, 7) is 2.07. The molecule has 1 aromatic carbocycles. The summed E-state index contributed by atoms with van der Waals surface area (Å²) in [5.74, 6) is -0.726. The lowest BCUT2D eigenvalue weighted by molar-refractivity contribution is -0.125. The average molecular weight is 243 g/mol. The summed E-state index contributed by atoms with van der Waals surface area (Å²) in [4.78, 5) is 10.6. The number of halogens is 1. The highest BCUT2D eigenvalue weighted by atomic mass is 35.5. The van der Waals surface area contributed by atoms with E-state index in [-0.39, 0.29) is 12.6 Å². The minimum atomic E-state index is -1.16. The van der Waals surface area contributed by atoms with E-state index in [0.717, 1.165) is 5.56 Å². The predicted octanol–water partition coefficient (Wildman–Crippen LogP) is 0.837. The van der Waals surface area contributed by atoms with Crippen LogP contribution in [0.15, 0.2) is 24.3 Å². The fourth-order valence-corrected chi connectivity index (χ4v) is 1.38. The highest BCUT2D eigenvalue weighted by Gasteiger charge is 2.12. The molecule has 4 nitrogen and oxygen atoms in total. The maximum atomic E-state index is 10.6. The number of aliphatic hydroxyl groups is 1. The smallest absolute Gasteiger partial charge is 0.247 e. The molecule has 1 amide bonds. The van der Waals surface area contributed by atoms with Crippen LogP contribution in [0.25, 0.3) is 0 Å². The lowest BCUT2D eigenvalue weighted by Crippen LogP contribution is -2.38. The quantitative estimate of drug-likeness (QED) is 0.716. The van der Waals surface area contributed by atoms with Gasteiger partial charge in [0.15, 0.2) is 0 Å². The first kappa shape index (κ1) is 13.0. The predicted molar refractivity (Wildman–Crippen MR) is 63.1 cm³/mol. The van der Waals surface area contributed by atoms with Gasteiger partial charge < -0.3 is 16.2 Å². The van der Waals surface area contributed by atoms with E-state index in [9.17, 15) is 9.90 Å². The van der Waals surface area contributed by atoms with Crippen LogP contribution in [0.3, 0.4) is 0 Å². The van der Waals surface area contributed by atoms with Crippen molar-refractivity contribution >= 4 is 17.5 Å². The highest BCUT2D eigenvalue weighted by molar-refractivity contribution is 6.30. The number of nitrogens with two attached hydrogens (primary N) is 1. The molecule has 0 aromatic heterocycles. The molecule has 16 heavy (non-hydrogen) atoms. The molecule has 0 radical (unpaired) electrons. The number of aliphatic hydroxyl groups excluding tert-OH is 1. The number of nitrogens with one attached hydrogen (secondary N) is 1. The Balaban J connectivity index is 2.49. The molecule has 0 aliphatic rings. The minimum Gasteiger partial charge on any atom is -0.382 e. The summed E-state index contributed by atoms with van der Waals surface area (Å²) in [5, 5.41) is 12.9. The second-order valence-corrected chi connectivity index (χ2v) is 4.04. The SMILES string of the molecule is CC(NCC(O)C(N)=O)c1ccc(Cl)cc1. The van der Waals surface area contributed by atoms with Crippen molar-refractivity contribution in [3.05, 3.63) is 34.9 Å². The number of rotatable bonds is 5. The number of carbonyl (C=O) groups excluding carboxylic acids is 1. The van der Waals surface area contributed by atoms with Gasteiger partial charge in [-0.2, -0.15) is 0 Å². The van der Waals surface area contributed by atoms with Crippen LogP contribution in [-0.4, -0.2) is 23.7 Å². The normalized spacial score (nSPS) is 14.4. The van der Waals surface area contributed by atoms with Gasteiger partial charge in [-0.15, -0.1) is 0 Å². The third-order valence-corrected chi connectivity index (χ3v) is 2.57. The zero-order chi connectivity index (χ0) is 12.1. The molecule has 0 saturated carbocycles. The van der Waals surface area contributed by atoms with E-state index in [2.05, 4.69) is 5.32 Å². The second-order valence-electron chi connectivity index (χ2n) is 3.60. The van der Waals surface area contributed by atoms with E-state index >= 15 is 0 Å². The second kappa shape index (κ2) is 5.84. The molecule has 0 fully saturated rings. The van der Waals surface area contributed by atoms with Crippen molar-refractivity contribution in [3.8, 4) is 0 Å². The van der Waals surface area contributed by atoms with Gasteiger partial charge in [-0.3, -0.25) is 4.79 Å². The molecule has 2 unspecified atom stereocenters. The Morgan fingerprint density at radius 2 is 2.06 bits per heavy atom. The number of hydrogen-bond acceptors (Lipinski definition) is 3. The van der Waals surface area contributed by atoms with Crippen LogP contribution >= 0.6 is 11.6 Å². The van der Waals surface area contributed by atoms with Crippen LogP contribution in [-0.2, 0) is 4.79 Å². The standard InChI is InChI=1S/C11H15ClN2O2/c1-7(14-6-10(15)11(13)16)8-2-4-9(12)5-3-8/h2-5,7,10,14-15H,6H2,1H3,(H2,13,16). The molecule has 0 bridgehead atoms. The lowest BCUT2D eigenvalue weighted by atomic mass is 10.1. The van der Waals surface area contributed by atoms with Gasteiger partial charge in [0.05, 0.1) is 0 Å². The Morgan fingerprint density at radius 3 is 2.56 bits per heavy atom. The number of hydrogen-bond donors (Lipinski definition) is 3. The van der Waals surface area contributed by atoms with Gasteiger partial charge in [0, 0.05) is 17.6 Å². The minimum absolute atomic E-state index is 0.0197. The van der Waals surface area contributed by atoms with E-state index < -0.39 is 12.0 Å². The number of amides is 1. The third-order valence-electron chi connectivity index (χ3n) is 2.32. The van der Waals surface area contributed by atoms with Crippen LogP contribution in [0.2, 0.25) is 5.02 Å². The van der Waals surface area contributed by atoms with Gasteiger partial charge in [-0.05, 0) is 24.6 Å². The highest BCUT2D eigenvalue weighted by Crippen LogP contribution is 2.15. The van der Waals surface area contributed by atoms with Crippen molar-refractivity contribution in [3.63, 3.8) is 0 Å². The Labute approximate surface area is 99.4 Å². The number of primary amides is 1. The summed E-state index contributed by atoms with van der Waals surface area (Å²) in [6, 6.07) is 7.37. The van der Waals surface area contributed by atoms with Gasteiger partial charge in [-0.25, -0.2) is 0 Å². The average Bonchev–Trinajstić information content (AvgIpc) is 2.26. The Kier molecular flexibility index (Phi) is 4.73. The third kappa shape index (κ3) is 3.81. The van der Waals surface area contributed by atoms with Crippen LogP contribution in [0.5, 0.6) is 0 Å². The molecule has 88 valence electrons. The Morgan fingerprint density at radius 1 is 1.50 bits per heavy atom. The zero-order valence-corrected chi connectivity index (χ0v) is 9.74. The Hall–Kier alpha value is -1.10. The van der Waals surface area contributed by atoms with E-state index in [0.29, 0.717) is 5.02 Å². The first-order valence-corrected chi connectivity index (χ1v) is 5.34. The van der Waals surface area contributed by atoms with Crippen molar-refractivity contribution in [2.24, 2.45) is 5.73 Å². The maximum Gasteiger partial charge on any atom is 0.247 e. The fraction of sp³-hybridized carbons (Fsp3) is 0.364. The van der Waals surface area contributed by atoms with Gasteiger partial charge >= 0.3 is 0 Å². The largest absolute Gasteiger partial charge is 0.382 e. The van der Waals surface area contributed by atoms with E-state index in [1.54, 1.807) is 12.1 Å². The zero-order valence-electron chi connectivity index (χ0n) is 8.98. The maximum absolute atomic E-state index is 10.6. The summed E-state index contributed by atoms with van der Waals surface area (Å²) in [5.41, 5.74) is 5.96. The Bertz CT molecular complexity index is 354. The summed E-state index contributed by atoms with van der Waals surface area (Å²) in [6.07, 6.45) is -1.16. The van der Waals surface area contributed by atoms with Crippen molar-refractivity contribution in [2.75, 3.05) is 6.54 Å². The molecular formula is C11H15ClN2O2. The first-order valence-electron chi connectivity index (χ1n) is 4.97. The van der Waals surface area contributed by atoms with Crippen LogP contribution < -0.4 is 11.1 Å². The molecule has 2 atom stereocenters. The summed E-state index contributed by atoms with van der Waals surface area (Å²) in [7, 11) is 0. The van der Waals surface area contributed by atoms with Gasteiger partial charge in [0.2, 0.25) is 5.91 Å². The molecular weight excluding hydrogens is 228 g/mol. The summed E-state index contributed by atoms with van der Waals surface area (Å²) < 4.78 is 0. The molecule has 0 saturated heterocycles. The number of benzene rings is 1. The van der Waals surface area contributed by atoms with Crippen molar-refractivity contribution in [1.82, 2.24) is 5.32 Å². The van der Waals surface area contributed by atoms with Crippen molar-refractivity contribution in [2.45, 2.75) is 19.1 Å². The first-order chi connectivity index (χ1) is 7.50. The van der Waals surface area contributed by atoms with Crippen molar-refractivity contribution in [1.29, 1.82) is 0 Å². The molecule has 5 heteroatoms. The lowest BCUT2D eigenvalue weighted by Gasteiger charge is -2.15. The van der Waals surface area contributed by atoms with Gasteiger partial charge in [0.25, 0.3) is 0 Å². The molecule has 0 spiro atoms. The monoisotopic (exact) mass is 242 g/mol. The van der Waals surface area contributed by atoms with E-state index in [4.69, 9.17) is 17.3 Å². The molecule has 1 aromatic rings. The molecule has 0 heterocycles. The molecule has 4 N–H and O–H groups in total. The fourth-order valence-electron chi connectivity index (χ4n) is 1.26. The van der Waals surface area contributed by atoms with Gasteiger partial charge in [-0.1, -0.05) is 23.7 Å².